The van der Waals surface area contributed by atoms with Gasteiger partial charge in [-0.25, -0.2) is 4.68 Å². The molecular weight excluding hydrogens is 362 g/mol. The summed E-state index contributed by atoms with van der Waals surface area (Å²) in [6.07, 6.45) is 4.87. The van der Waals surface area contributed by atoms with Crippen LogP contribution >= 0.6 is 0 Å². The smallest absolute Gasteiger partial charge is 0.242 e. The number of benzene rings is 1. The van der Waals surface area contributed by atoms with Gasteiger partial charge in [0, 0.05) is 17.0 Å². The number of hydrogen-bond donors (Lipinski definition) is 1. The van der Waals surface area contributed by atoms with Gasteiger partial charge in [-0.1, -0.05) is 6.07 Å². The molecular formula is C23H29N5O. The molecule has 6 nitrogen and oxygen atoms in total. The van der Waals surface area contributed by atoms with Crippen LogP contribution in [0.4, 0.5) is 0 Å². The fourth-order valence-corrected chi connectivity index (χ4v) is 4.10. The molecule has 1 amide bonds. The lowest BCUT2D eigenvalue weighted by atomic mass is 9.92. The van der Waals surface area contributed by atoms with Crippen molar-refractivity contribution in [3.8, 4) is 5.69 Å². The van der Waals surface area contributed by atoms with Gasteiger partial charge in [0.15, 0.2) is 0 Å². The van der Waals surface area contributed by atoms with Crippen molar-refractivity contribution in [3.63, 3.8) is 0 Å². The molecule has 0 bridgehead atoms. The van der Waals surface area contributed by atoms with Crippen LogP contribution in [0.5, 0.6) is 0 Å². The maximum absolute atomic E-state index is 12.7. The van der Waals surface area contributed by atoms with Crippen LogP contribution in [0.1, 0.15) is 58.2 Å². The summed E-state index contributed by atoms with van der Waals surface area (Å²) >= 11 is 0. The lowest BCUT2D eigenvalue weighted by Gasteiger charge is -2.24. The first kappa shape index (κ1) is 19.4. The van der Waals surface area contributed by atoms with Crippen molar-refractivity contribution >= 4 is 5.91 Å². The van der Waals surface area contributed by atoms with E-state index in [1.54, 1.807) is 4.68 Å². The molecule has 2 aromatic heterocycles. The lowest BCUT2D eigenvalue weighted by Crippen LogP contribution is -2.34. The van der Waals surface area contributed by atoms with Gasteiger partial charge >= 0.3 is 0 Å². The van der Waals surface area contributed by atoms with Gasteiger partial charge in [-0.15, -0.1) is 0 Å². The molecule has 0 fully saturated rings. The zero-order valence-corrected chi connectivity index (χ0v) is 17.9. The monoisotopic (exact) mass is 391 g/mol. The fraction of sp³-hybridized carbons (Fsp3) is 0.435. The van der Waals surface area contributed by atoms with Crippen LogP contribution in [0.25, 0.3) is 5.69 Å². The number of aryl methyl sites for hydroxylation is 3. The molecule has 2 heterocycles. The van der Waals surface area contributed by atoms with Crippen LogP contribution in [0, 0.1) is 34.6 Å². The molecule has 1 aliphatic carbocycles. The lowest BCUT2D eigenvalue weighted by molar-refractivity contribution is -0.122. The van der Waals surface area contributed by atoms with Crippen molar-refractivity contribution < 1.29 is 4.79 Å². The van der Waals surface area contributed by atoms with E-state index in [1.807, 2.05) is 31.6 Å². The number of hydrogen-bond acceptors (Lipinski definition) is 3. The maximum Gasteiger partial charge on any atom is 0.242 e. The molecule has 6 heteroatoms. The van der Waals surface area contributed by atoms with E-state index in [-0.39, 0.29) is 18.5 Å². The maximum atomic E-state index is 12.7. The average Bonchev–Trinajstić information content (AvgIpc) is 3.22. The third kappa shape index (κ3) is 3.59. The van der Waals surface area contributed by atoms with E-state index >= 15 is 0 Å². The van der Waals surface area contributed by atoms with Gasteiger partial charge in [-0.3, -0.25) is 9.48 Å². The number of fused-ring (bicyclic) bond motifs is 1. The molecule has 0 saturated carbocycles. The van der Waals surface area contributed by atoms with Crippen LogP contribution < -0.4 is 5.32 Å². The number of carbonyl (C=O) groups excluding carboxylic acids is 1. The van der Waals surface area contributed by atoms with E-state index in [1.165, 1.54) is 16.8 Å². The van der Waals surface area contributed by atoms with Gasteiger partial charge in [0.05, 0.1) is 23.6 Å². The summed E-state index contributed by atoms with van der Waals surface area (Å²) in [5.41, 5.74) is 9.12. The van der Waals surface area contributed by atoms with E-state index in [4.69, 9.17) is 0 Å². The first-order chi connectivity index (χ1) is 13.8. The zero-order valence-electron chi connectivity index (χ0n) is 17.9. The molecule has 4 rings (SSSR count). The minimum atomic E-state index is -0.00706. The van der Waals surface area contributed by atoms with Crippen LogP contribution in [0.15, 0.2) is 24.4 Å². The highest BCUT2D eigenvalue weighted by Gasteiger charge is 2.26. The zero-order chi connectivity index (χ0) is 20.7. The summed E-state index contributed by atoms with van der Waals surface area (Å²) in [5, 5.41) is 12.4. The Hall–Kier alpha value is -2.89. The Morgan fingerprint density at radius 1 is 1.17 bits per heavy atom. The number of nitrogens with one attached hydrogen (secondary N) is 1. The van der Waals surface area contributed by atoms with Crippen LogP contribution in [0.3, 0.4) is 0 Å². The molecule has 152 valence electrons. The first-order valence-electron chi connectivity index (χ1n) is 10.3. The summed E-state index contributed by atoms with van der Waals surface area (Å²) in [6.45, 7) is 10.5. The van der Waals surface area contributed by atoms with Crippen molar-refractivity contribution in [3.05, 3.63) is 63.7 Å². The third-order valence-corrected chi connectivity index (χ3v) is 6.29. The second-order valence-corrected chi connectivity index (χ2v) is 8.19. The molecule has 1 atom stereocenters. The highest BCUT2D eigenvalue weighted by atomic mass is 16.2. The molecule has 0 radical (unpaired) electrons. The molecule has 1 unspecified atom stereocenters. The first-order valence-corrected chi connectivity index (χ1v) is 10.3. The van der Waals surface area contributed by atoms with E-state index in [2.05, 4.69) is 47.6 Å². The Labute approximate surface area is 171 Å². The highest BCUT2D eigenvalue weighted by molar-refractivity contribution is 5.76. The Bertz CT molecular complexity index is 1080. The molecule has 1 aliphatic rings. The van der Waals surface area contributed by atoms with Gasteiger partial charge in [-0.2, -0.15) is 10.2 Å². The Kier molecular flexibility index (Phi) is 5.03. The molecule has 3 aromatic rings. The number of carbonyl (C=O) groups is 1. The number of rotatable bonds is 4. The predicted octanol–water partition coefficient (Wildman–Crippen LogP) is 3.80. The summed E-state index contributed by atoms with van der Waals surface area (Å²) in [7, 11) is 0. The minimum Gasteiger partial charge on any atom is -0.348 e. The molecule has 0 spiro atoms. The van der Waals surface area contributed by atoms with Gasteiger partial charge in [0.2, 0.25) is 5.91 Å². The van der Waals surface area contributed by atoms with E-state index in [9.17, 15) is 4.79 Å². The average molecular weight is 392 g/mol. The number of amides is 1. The normalized spacial score (nSPS) is 16.0. The Balaban J connectivity index is 1.54. The van der Waals surface area contributed by atoms with Crippen molar-refractivity contribution in [2.24, 2.45) is 0 Å². The summed E-state index contributed by atoms with van der Waals surface area (Å²) in [4.78, 5) is 12.7. The number of nitrogens with zero attached hydrogens (tertiary/aromatic N) is 4. The van der Waals surface area contributed by atoms with Gasteiger partial charge in [0.25, 0.3) is 0 Å². The SMILES string of the molecule is Cc1ccc(-n2ncc3c2CCCC3NC(=O)Cn2nc(C)c(C)c2C)cc1C. The largest absolute Gasteiger partial charge is 0.348 e. The standard InChI is InChI=1S/C23H29N5O/c1-14-9-10-19(11-15(14)2)28-22-8-6-7-21(20(22)12-24-28)25-23(29)13-27-18(5)16(3)17(4)26-27/h9-12,21H,6-8,13H2,1-5H3,(H,25,29). The second kappa shape index (κ2) is 7.50. The van der Waals surface area contributed by atoms with Crippen LogP contribution in [0.2, 0.25) is 0 Å². The van der Waals surface area contributed by atoms with E-state index in [0.717, 1.165) is 47.5 Å². The Morgan fingerprint density at radius 2 is 1.97 bits per heavy atom. The van der Waals surface area contributed by atoms with Gasteiger partial charge in [-0.05, 0) is 82.7 Å². The van der Waals surface area contributed by atoms with E-state index < -0.39 is 0 Å². The fourth-order valence-electron chi connectivity index (χ4n) is 4.10. The molecule has 1 N–H and O–H groups in total. The molecule has 1 aromatic carbocycles. The van der Waals surface area contributed by atoms with Crippen molar-refractivity contribution in [1.82, 2.24) is 24.9 Å². The van der Waals surface area contributed by atoms with Crippen LogP contribution in [-0.4, -0.2) is 25.5 Å². The highest BCUT2D eigenvalue weighted by Crippen LogP contribution is 2.31. The molecule has 29 heavy (non-hydrogen) atoms. The Morgan fingerprint density at radius 3 is 2.66 bits per heavy atom. The summed E-state index contributed by atoms with van der Waals surface area (Å²) < 4.78 is 3.83. The number of aromatic nitrogens is 4. The third-order valence-electron chi connectivity index (χ3n) is 6.29. The molecule has 0 saturated heterocycles. The summed E-state index contributed by atoms with van der Waals surface area (Å²) in [6, 6.07) is 6.43. The predicted molar refractivity (Wildman–Crippen MR) is 113 cm³/mol. The van der Waals surface area contributed by atoms with Crippen LogP contribution in [-0.2, 0) is 17.8 Å². The summed E-state index contributed by atoms with van der Waals surface area (Å²) in [5.74, 6) is -0.00706. The molecule has 0 aliphatic heterocycles. The van der Waals surface area contributed by atoms with Gasteiger partial charge in [0.1, 0.15) is 6.54 Å². The van der Waals surface area contributed by atoms with Crippen molar-refractivity contribution in [2.75, 3.05) is 0 Å². The quantitative estimate of drug-likeness (QED) is 0.736. The topological polar surface area (TPSA) is 64.7 Å². The van der Waals surface area contributed by atoms with E-state index in [0.29, 0.717) is 0 Å². The van der Waals surface area contributed by atoms with Crippen molar-refractivity contribution in [1.29, 1.82) is 0 Å². The van der Waals surface area contributed by atoms with Crippen molar-refractivity contribution in [2.45, 2.75) is 66.5 Å². The van der Waals surface area contributed by atoms with Gasteiger partial charge < -0.3 is 5.32 Å². The second-order valence-electron chi connectivity index (χ2n) is 8.19. The minimum absolute atomic E-state index is 0.00427.